The van der Waals surface area contributed by atoms with Gasteiger partial charge in [0.2, 0.25) is 0 Å². The molecule has 0 spiro atoms. The molecule has 0 aromatic heterocycles. The molecular weight excluding hydrogens is 951 g/mol. The first-order chi connectivity index (χ1) is 35.4. The molecule has 4 N–H and O–H groups in total. The molecule has 17 nitrogen and oxygen atoms in total. The van der Waals surface area contributed by atoms with Gasteiger partial charge in [0.05, 0.1) is 54.6 Å². The van der Waals surface area contributed by atoms with Gasteiger partial charge in [-0.1, -0.05) is 67.6 Å². The van der Waals surface area contributed by atoms with E-state index in [9.17, 15) is 24.9 Å². The summed E-state index contributed by atoms with van der Waals surface area (Å²) in [5.74, 6) is -1.65. The number of ether oxygens (including phenoxy) is 9. The number of hydrogen-bond acceptors (Lipinski definition) is 17. The molecule has 0 aliphatic carbocycles. The van der Waals surface area contributed by atoms with Crippen LogP contribution < -0.4 is 10.2 Å². The number of aliphatic hydroxyl groups excluding tert-OH is 2. The molecule has 7 rings (SSSR count). The predicted octanol–water partition coefficient (Wildman–Crippen LogP) is 5.71. The molecular formula is C57H85N3O14. The molecule has 17 heteroatoms. The zero-order valence-corrected chi connectivity index (χ0v) is 45.2. The molecule has 2 aromatic carbocycles. The fourth-order valence-electron chi connectivity index (χ4n) is 11.7. The first-order valence-electron chi connectivity index (χ1n) is 26.9. The Morgan fingerprint density at radius 3 is 2.31 bits per heavy atom. The average molecular weight is 1040 g/mol. The predicted molar refractivity (Wildman–Crippen MR) is 278 cm³/mol. The van der Waals surface area contributed by atoms with E-state index in [4.69, 9.17) is 42.6 Å². The normalized spacial score (nSPS) is 39.5. The largest absolute Gasteiger partial charge is 0.462 e. The Morgan fingerprint density at radius 1 is 0.878 bits per heavy atom. The lowest BCUT2D eigenvalue weighted by Crippen LogP contribution is -2.66. The van der Waals surface area contributed by atoms with Crippen molar-refractivity contribution in [1.29, 1.82) is 0 Å². The molecule has 0 saturated carbocycles. The average Bonchev–Trinajstić information content (AvgIpc) is 3.77. The van der Waals surface area contributed by atoms with Crippen molar-refractivity contribution in [2.45, 2.75) is 197 Å². The Morgan fingerprint density at radius 2 is 1.61 bits per heavy atom. The third-order valence-corrected chi connectivity index (χ3v) is 15.7. The van der Waals surface area contributed by atoms with Gasteiger partial charge in [-0.2, -0.15) is 0 Å². The summed E-state index contributed by atoms with van der Waals surface area (Å²) in [4.78, 5) is 30.8. The molecule has 0 bridgehead atoms. The van der Waals surface area contributed by atoms with Crippen LogP contribution in [0.4, 0.5) is 5.69 Å². The maximum Gasteiger partial charge on any atom is 0.338 e. The highest BCUT2D eigenvalue weighted by molar-refractivity contribution is 5.89. The number of fused-ring (bicyclic) bond motifs is 1. The number of benzene rings is 2. The number of anilines is 1. The topological polar surface area (TPSA) is 196 Å². The summed E-state index contributed by atoms with van der Waals surface area (Å²) in [6, 6.07) is 16.5. The molecule has 19 atom stereocenters. The lowest BCUT2D eigenvalue weighted by Gasteiger charge is -2.50. The van der Waals surface area contributed by atoms with Crippen molar-refractivity contribution < 1.29 is 67.5 Å². The third kappa shape index (κ3) is 14.6. The van der Waals surface area contributed by atoms with E-state index in [2.05, 4.69) is 54.4 Å². The van der Waals surface area contributed by atoms with Crippen LogP contribution in [0.15, 0.2) is 78.9 Å². The number of carbonyl (C=O) groups excluding carboxylic acids is 2. The van der Waals surface area contributed by atoms with Crippen LogP contribution in [0.1, 0.15) is 102 Å². The van der Waals surface area contributed by atoms with Crippen LogP contribution in [0, 0.1) is 11.8 Å². The zero-order chi connectivity index (χ0) is 53.3. The van der Waals surface area contributed by atoms with Crippen LogP contribution in [0.5, 0.6) is 0 Å². The molecule has 5 aliphatic heterocycles. The number of likely N-dealkylation sites (N-methyl/N-ethyl adjacent to an activating group) is 2. The highest BCUT2D eigenvalue weighted by Crippen LogP contribution is 2.39. The number of cyclic esters (lactones) is 1. The minimum atomic E-state index is -1.54. The van der Waals surface area contributed by atoms with E-state index in [1.165, 1.54) is 18.4 Å². The van der Waals surface area contributed by atoms with Gasteiger partial charge in [-0.25, -0.2) is 4.79 Å². The van der Waals surface area contributed by atoms with E-state index >= 15 is 0 Å². The maximum absolute atomic E-state index is 13.5. The number of para-hydroxylation sites is 1. The van der Waals surface area contributed by atoms with E-state index in [1.54, 1.807) is 44.2 Å². The van der Waals surface area contributed by atoms with Crippen molar-refractivity contribution in [2.24, 2.45) is 11.8 Å². The minimum Gasteiger partial charge on any atom is -0.462 e. The van der Waals surface area contributed by atoms with Crippen LogP contribution in [0.25, 0.3) is 0 Å². The van der Waals surface area contributed by atoms with Gasteiger partial charge in [0.1, 0.15) is 30.0 Å². The fourth-order valence-corrected chi connectivity index (χ4v) is 11.7. The number of carbonyl (C=O) groups is 2. The van der Waals surface area contributed by atoms with Crippen molar-refractivity contribution in [3.8, 4) is 0 Å². The van der Waals surface area contributed by atoms with Crippen molar-refractivity contribution in [1.82, 2.24) is 10.2 Å². The van der Waals surface area contributed by atoms with Crippen LogP contribution >= 0.6 is 0 Å². The van der Waals surface area contributed by atoms with Crippen LogP contribution in [0.3, 0.4) is 0 Å². The van der Waals surface area contributed by atoms with E-state index in [0.717, 1.165) is 25.8 Å². The van der Waals surface area contributed by atoms with E-state index < -0.39 is 103 Å². The molecule has 3 saturated heterocycles. The second kappa shape index (κ2) is 26.5. The molecule has 0 amide bonds. The molecule has 5 aliphatic rings. The molecule has 74 heavy (non-hydrogen) atoms. The summed E-state index contributed by atoms with van der Waals surface area (Å²) in [6.45, 7) is 12.7. The second-order valence-corrected chi connectivity index (χ2v) is 21.7. The first kappa shape index (κ1) is 57.9. The molecule has 2 aromatic rings. The Bertz CT molecular complexity index is 2140. The number of nitrogens with one attached hydrogen (secondary N) is 1. The number of hydrogen-bond donors (Lipinski definition) is 4. The van der Waals surface area contributed by atoms with Gasteiger partial charge in [0.15, 0.2) is 25.0 Å². The number of aliphatic hydroxyl groups is 3. The van der Waals surface area contributed by atoms with Gasteiger partial charge in [-0.3, -0.25) is 4.79 Å². The SMILES string of the molecule is CN[C@H]1CC[C@H](O[C@H]2/C=C/C=C/C[C@@H](C)OC(=O)C[C@@H](O)[C@H](OC)[C@@H](O[C@@H]3O[C@H](C)[C@@H](O[C@H]4C[C@@](C)(O)[C@@H](OC(=O)c5ccccc5)[C@H](C)O4)[C@H](N(C)C)[C@H]3O)[C@@H](CCN3CCc4ccccc43)C[C@H]2C)O[C@@H]1C. The number of allylic oxidation sites excluding steroid dienone is 2. The van der Waals surface area contributed by atoms with E-state index in [1.807, 2.05) is 58.1 Å². The van der Waals surface area contributed by atoms with Crippen molar-refractivity contribution >= 4 is 17.6 Å². The smallest absolute Gasteiger partial charge is 0.338 e. The zero-order valence-electron chi connectivity index (χ0n) is 45.2. The Kier molecular flexibility index (Phi) is 20.7. The number of methoxy groups -OCH3 is 1. The highest BCUT2D eigenvalue weighted by Gasteiger charge is 2.53. The molecule has 412 valence electrons. The minimum absolute atomic E-state index is 0.0416. The molecule has 3 fully saturated rings. The van der Waals surface area contributed by atoms with Gasteiger partial charge < -0.3 is 73.1 Å². The van der Waals surface area contributed by atoms with E-state index in [-0.39, 0.29) is 36.8 Å². The first-order valence-corrected chi connectivity index (χ1v) is 26.9. The summed E-state index contributed by atoms with van der Waals surface area (Å²) < 4.78 is 58.0. The van der Waals surface area contributed by atoms with Crippen molar-refractivity contribution in [3.63, 3.8) is 0 Å². The Balaban J connectivity index is 1.18. The van der Waals surface area contributed by atoms with E-state index in [0.29, 0.717) is 31.4 Å². The van der Waals surface area contributed by atoms with Crippen molar-refractivity contribution in [3.05, 3.63) is 90.0 Å². The van der Waals surface area contributed by atoms with Crippen LogP contribution in [-0.2, 0) is 53.8 Å². The molecule has 5 heterocycles. The standard InChI is InChI=1S/C57H85N3O14/c1-34-31-41(28-30-60-29-27-39-20-17-18-23-43(39)60)52(53(66-10)44(61)32-46(62)67-35(2)19-13-11-16-24-45(34)71-47-26-25-42(58-7)36(3)68-47)73-56-50(63)49(59(8)9)51(37(4)70-56)72-48-33-57(6,65)54(38(5)69-48)74-55(64)40-21-14-12-15-22-40/h11-18,20-24,34-38,41-42,44-45,47-54,56,58,61,63,65H,19,25-33H2,1-10H3/b13-11+,24-16+/t34-,35-,36-,37-,38+,41+,42+,44-,45+,47+,48+,49-,50-,51-,52+,53+,54+,56+,57-/m1/s1. The van der Waals surface area contributed by atoms with Gasteiger partial charge >= 0.3 is 11.9 Å². The Labute approximate surface area is 438 Å². The van der Waals surface area contributed by atoms with Crippen LogP contribution in [0.2, 0.25) is 0 Å². The monoisotopic (exact) mass is 1040 g/mol. The van der Waals surface area contributed by atoms with Gasteiger partial charge in [0.25, 0.3) is 0 Å². The Hall–Kier alpha value is -3.82. The lowest BCUT2D eigenvalue weighted by atomic mass is 9.82. The second-order valence-electron chi connectivity index (χ2n) is 21.7. The van der Waals surface area contributed by atoms with Crippen molar-refractivity contribution in [2.75, 3.05) is 46.2 Å². The summed E-state index contributed by atoms with van der Waals surface area (Å²) in [5, 5.41) is 39.9. The summed E-state index contributed by atoms with van der Waals surface area (Å²) >= 11 is 0. The lowest BCUT2D eigenvalue weighted by molar-refractivity contribution is -0.343. The number of rotatable bonds is 14. The fraction of sp³-hybridized carbons (Fsp3) is 0.684. The summed E-state index contributed by atoms with van der Waals surface area (Å²) in [5.41, 5.74) is 1.27. The summed E-state index contributed by atoms with van der Waals surface area (Å²) in [6.07, 6.45) is 0.0779. The van der Waals surface area contributed by atoms with Crippen LogP contribution in [-0.4, -0.2) is 177 Å². The highest BCUT2D eigenvalue weighted by atomic mass is 16.7. The summed E-state index contributed by atoms with van der Waals surface area (Å²) in [7, 11) is 7.10. The number of esters is 2. The number of nitrogens with zero attached hydrogens (tertiary/aromatic N) is 2. The molecule has 0 radical (unpaired) electrons. The maximum atomic E-state index is 13.5. The van der Waals surface area contributed by atoms with Gasteiger partial charge in [0, 0.05) is 44.8 Å². The third-order valence-electron chi connectivity index (χ3n) is 15.7. The molecule has 0 unspecified atom stereocenters. The van der Waals surface area contributed by atoms with Gasteiger partial charge in [-0.15, -0.1) is 0 Å². The quantitative estimate of drug-likeness (QED) is 0.168. The van der Waals surface area contributed by atoms with Gasteiger partial charge in [-0.05, 0) is 123 Å².